The van der Waals surface area contributed by atoms with Crippen molar-refractivity contribution in [2.24, 2.45) is 0 Å². The Bertz CT molecular complexity index is 2280. The first-order valence-electron chi connectivity index (χ1n) is 16.3. The van der Waals surface area contributed by atoms with Gasteiger partial charge in [-0.15, -0.1) is 0 Å². The number of aromatic amines is 4. The van der Waals surface area contributed by atoms with Crippen molar-refractivity contribution < 1.29 is 17.1 Å². The van der Waals surface area contributed by atoms with Crippen molar-refractivity contribution in [2.45, 2.75) is 0 Å². The molecule has 0 aliphatic carbocycles. The average Bonchev–Trinajstić information content (AvgIpc) is 3.98. The fourth-order valence-electron chi connectivity index (χ4n) is 6.99. The van der Waals surface area contributed by atoms with Crippen LogP contribution >= 0.6 is 0 Å². The van der Waals surface area contributed by atoms with Gasteiger partial charge in [0.15, 0.2) is 0 Å². The van der Waals surface area contributed by atoms with E-state index < -0.39 is 0 Å². The molecule has 8 bridgehead atoms. The molecule has 0 amide bonds. The van der Waals surface area contributed by atoms with Crippen molar-refractivity contribution >= 4 is 22.3 Å². The summed E-state index contributed by atoms with van der Waals surface area (Å²) in [5.74, 6) is 0. The van der Waals surface area contributed by atoms with E-state index in [2.05, 4.69) is 190 Å². The maximum atomic E-state index is 3.84. The Morgan fingerprint density at radius 3 is 0.673 bits per heavy atom. The summed E-state index contributed by atoms with van der Waals surface area (Å²) in [6, 6.07) is 60.0. The smallest absolute Gasteiger partial charge is 0.354 e. The zero-order valence-electron chi connectivity index (χ0n) is 26.5. The van der Waals surface area contributed by atoms with Crippen LogP contribution in [0, 0.1) is 0 Å². The number of rotatable bonds is 4. The molecule has 9 rings (SSSR count). The number of nitrogens with one attached hydrogen (secondary N) is 4. The first-order valence-corrected chi connectivity index (χ1v) is 16.3. The quantitative estimate of drug-likeness (QED) is 0.159. The van der Waals surface area contributed by atoms with Crippen molar-refractivity contribution in [2.75, 3.05) is 0 Å². The van der Waals surface area contributed by atoms with Crippen molar-refractivity contribution in [3.63, 3.8) is 0 Å². The molecule has 0 saturated carbocycles. The van der Waals surface area contributed by atoms with Crippen LogP contribution in [0.5, 0.6) is 0 Å². The molecule has 1 aliphatic rings. The fraction of sp³-hybridized carbons (Fsp3) is 0. The Labute approximate surface area is 294 Å². The molecule has 8 aromatic rings. The van der Waals surface area contributed by atoms with E-state index in [1.807, 2.05) is 0 Å². The fourth-order valence-corrected chi connectivity index (χ4v) is 6.99. The molecule has 1 aliphatic heterocycles. The Morgan fingerprint density at radius 1 is 0.224 bits per heavy atom. The van der Waals surface area contributed by atoms with E-state index in [4.69, 9.17) is 0 Å². The number of hydrogen-bond acceptors (Lipinski definition) is 0. The zero-order chi connectivity index (χ0) is 31.9. The topological polar surface area (TPSA) is 63.2 Å². The molecule has 4 nitrogen and oxygen atoms in total. The van der Waals surface area contributed by atoms with Crippen LogP contribution < -0.4 is 21.4 Å². The second kappa shape index (κ2) is 12.9. The van der Waals surface area contributed by atoms with E-state index in [1.54, 1.807) is 0 Å². The minimum absolute atomic E-state index is 0. The first kappa shape index (κ1) is 30.3. The monoisotopic (exact) mass is 671 g/mol. The van der Waals surface area contributed by atoms with Gasteiger partial charge in [-0.1, -0.05) is 121 Å². The van der Waals surface area contributed by atoms with Gasteiger partial charge in [-0.05, 0) is 70.8 Å². The van der Waals surface area contributed by atoms with E-state index in [-0.39, 0.29) is 17.1 Å². The van der Waals surface area contributed by atoms with Crippen LogP contribution in [-0.2, 0) is 17.1 Å². The van der Waals surface area contributed by atoms with Crippen molar-refractivity contribution in [3.8, 4) is 0 Å². The summed E-state index contributed by atoms with van der Waals surface area (Å²) in [6.07, 6.45) is 0. The number of fused-ring (bicyclic) bond motifs is 8. The van der Waals surface area contributed by atoms with Crippen LogP contribution in [0.2, 0.25) is 0 Å². The van der Waals surface area contributed by atoms with E-state index in [9.17, 15) is 0 Å². The van der Waals surface area contributed by atoms with Gasteiger partial charge in [0.25, 0.3) is 0 Å². The van der Waals surface area contributed by atoms with Crippen molar-refractivity contribution in [1.82, 2.24) is 19.9 Å². The van der Waals surface area contributed by atoms with Crippen LogP contribution in [0.1, 0.15) is 45.0 Å². The third-order valence-corrected chi connectivity index (χ3v) is 9.15. The van der Waals surface area contributed by atoms with E-state index in [1.165, 1.54) is 0 Å². The largest absolute Gasteiger partial charge is 2.00 e. The van der Waals surface area contributed by atoms with Crippen LogP contribution in [0.3, 0.4) is 0 Å². The Hall–Kier alpha value is -6.00. The zero-order valence-corrected chi connectivity index (χ0v) is 27.7. The van der Waals surface area contributed by atoms with Gasteiger partial charge in [0.05, 0.1) is 0 Å². The molecule has 5 heteroatoms. The molecule has 0 saturated heterocycles. The van der Waals surface area contributed by atoms with Crippen molar-refractivity contribution in [1.29, 1.82) is 0 Å². The van der Waals surface area contributed by atoms with Crippen LogP contribution in [0.4, 0.5) is 0 Å². The molecule has 233 valence electrons. The van der Waals surface area contributed by atoms with Gasteiger partial charge in [0, 0.05) is 66.5 Å². The van der Waals surface area contributed by atoms with Gasteiger partial charge >= 0.3 is 17.1 Å². The third kappa shape index (κ3) is 5.55. The van der Waals surface area contributed by atoms with Gasteiger partial charge in [0.2, 0.25) is 0 Å². The molecule has 1 radical (unpaired) electrons. The number of H-pyrrole nitrogens is 4. The normalized spacial score (nSPS) is 12.6. The molecular weight excluding hydrogens is 639 g/mol. The molecule has 0 fully saturated rings. The second-order valence-corrected chi connectivity index (χ2v) is 12.1. The SMILES string of the molecule is [Mn+2].c1ccc(C2=c3ccc([nH]3)=C(c3ccccc3)c3ccc([nH]3)C(c3ccccc3)=c3ccc([nH]3)=C(c3ccccc3)c3ccc2[nH]3)cc1. The van der Waals surface area contributed by atoms with Crippen LogP contribution in [0.25, 0.3) is 22.3 Å². The molecule has 0 unspecified atom stereocenters. The molecule has 4 N–H and O–H groups in total. The standard InChI is InChI=1S/C44H32N4.Mn/c1-5-13-29(14-6-1)41-33-21-23-35(45-33)42(30-15-7-2-8-16-30)37-25-27-39(47-37)44(32-19-11-4-12-20-32)40-28-26-38(48-40)43(31-17-9-3-10-18-31)36-24-22-34(41)46-36;/h1-28,45-48H;/q;+2. The summed E-state index contributed by atoms with van der Waals surface area (Å²) in [7, 11) is 0. The third-order valence-electron chi connectivity index (χ3n) is 9.15. The Kier molecular flexibility index (Phi) is 7.98. The maximum Gasteiger partial charge on any atom is 2.00 e. The van der Waals surface area contributed by atoms with E-state index >= 15 is 0 Å². The summed E-state index contributed by atoms with van der Waals surface area (Å²) < 4.78 is 0. The molecule has 0 spiro atoms. The predicted molar refractivity (Wildman–Crippen MR) is 194 cm³/mol. The van der Waals surface area contributed by atoms with Crippen molar-refractivity contribution in [3.05, 3.63) is 236 Å². The summed E-state index contributed by atoms with van der Waals surface area (Å²) in [6.45, 7) is 0. The molecule has 4 aromatic heterocycles. The predicted octanol–water partition coefficient (Wildman–Crippen LogP) is 6.30. The van der Waals surface area contributed by atoms with Crippen LogP contribution in [0.15, 0.2) is 170 Å². The minimum atomic E-state index is 0. The van der Waals surface area contributed by atoms with E-state index in [0.717, 1.165) is 88.7 Å². The Balaban J connectivity index is 0.00000348. The van der Waals surface area contributed by atoms with Gasteiger partial charge in [-0.25, -0.2) is 0 Å². The average molecular weight is 672 g/mol. The summed E-state index contributed by atoms with van der Waals surface area (Å²) in [4.78, 5) is 15.4. The molecular formula is C44H32MnN4+2. The summed E-state index contributed by atoms with van der Waals surface area (Å²) in [5, 5.41) is 4.16. The number of hydrogen-bond donors (Lipinski definition) is 4. The molecule has 5 heterocycles. The molecule has 4 aromatic carbocycles. The molecule has 0 atom stereocenters. The second-order valence-electron chi connectivity index (χ2n) is 12.1. The van der Waals surface area contributed by atoms with Gasteiger partial charge in [0.1, 0.15) is 0 Å². The van der Waals surface area contributed by atoms with E-state index in [0.29, 0.717) is 0 Å². The number of aromatic nitrogens is 4. The minimum Gasteiger partial charge on any atom is -0.354 e. The van der Waals surface area contributed by atoms with Gasteiger partial charge in [-0.2, -0.15) is 0 Å². The van der Waals surface area contributed by atoms with Crippen LogP contribution in [-0.4, -0.2) is 19.9 Å². The first-order chi connectivity index (χ1) is 23.8. The molecule has 49 heavy (non-hydrogen) atoms. The maximum absolute atomic E-state index is 3.84. The van der Waals surface area contributed by atoms with Gasteiger partial charge < -0.3 is 19.9 Å². The summed E-state index contributed by atoms with van der Waals surface area (Å²) >= 11 is 0. The Morgan fingerprint density at radius 2 is 0.449 bits per heavy atom. The van der Waals surface area contributed by atoms with Gasteiger partial charge in [-0.3, -0.25) is 0 Å². The number of benzene rings is 4. The summed E-state index contributed by atoms with van der Waals surface area (Å²) in [5.41, 5.74) is 13.1.